The van der Waals surface area contributed by atoms with E-state index in [2.05, 4.69) is 29.6 Å². The number of hydrogen-bond acceptors (Lipinski definition) is 3. The summed E-state index contributed by atoms with van der Waals surface area (Å²) in [6.45, 7) is 3.79. The van der Waals surface area contributed by atoms with Gasteiger partial charge in [-0.2, -0.15) is 10.5 Å². The molecule has 1 aliphatic heterocycles. The number of aryl methyl sites for hydroxylation is 1. The minimum atomic E-state index is -0.0912. The van der Waals surface area contributed by atoms with Crippen LogP contribution in [-0.2, 0) is 6.42 Å². The summed E-state index contributed by atoms with van der Waals surface area (Å²) in [4.78, 5) is 0. The number of rotatable bonds is 3. The average Bonchev–Trinajstić information content (AvgIpc) is 2.46. The fourth-order valence-corrected chi connectivity index (χ4v) is 2.65. The van der Waals surface area contributed by atoms with Gasteiger partial charge in [-0.15, -0.1) is 0 Å². The Kier molecular flexibility index (Phi) is 4.23. The first-order chi connectivity index (χ1) is 9.67. The molecule has 0 unspecified atom stereocenters. The highest BCUT2D eigenvalue weighted by Crippen LogP contribution is 2.32. The molecule has 1 aliphatic rings. The monoisotopic (exact) mass is 263 g/mol. The van der Waals surface area contributed by atoms with Gasteiger partial charge < -0.3 is 5.32 Å². The SMILES string of the molecule is CC1=C(C#N)C(CCc2ccccc2)C(C#N)=C(C)N1. The highest BCUT2D eigenvalue weighted by atomic mass is 14.9. The van der Waals surface area contributed by atoms with Crippen molar-refractivity contribution in [3.63, 3.8) is 0 Å². The molecule has 0 amide bonds. The Labute approximate surface area is 119 Å². The molecule has 0 fully saturated rings. The topological polar surface area (TPSA) is 59.6 Å². The lowest BCUT2D eigenvalue weighted by atomic mass is 9.83. The molecule has 0 aromatic heterocycles. The molecular weight excluding hydrogens is 246 g/mol. The molecule has 1 aromatic rings. The highest BCUT2D eigenvalue weighted by molar-refractivity contribution is 5.46. The summed E-state index contributed by atoms with van der Waals surface area (Å²) in [5, 5.41) is 21.8. The van der Waals surface area contributed by atoms with E-state index in [0.717, 1.165) is 24.2 Å². The van der Waals surface area contributed by atoms with Crippen LogP contribution in [0.1, 0.15) is 25.8 Å². The van der Waals surface area contributed by atoms with E-state index in [1.54, 1.807) is 0 Å². The van der Waals surface area contributed by atoms with Gasteiger partial charge in [-0.25, -0.2) is 0 Å². The highest BCUT2D eigenvalue weighted by Gasteiger charge is 2.27. The summed E-state index contributed by atoms with van der Waals surface area (Å²) in [6.07, 6.45) is 1.65. The van der Waals surface area contributed by atoms with Crippen molar-refractivity contribution >= 4 is 0 Å². The Bertz CT molecular complexity index is 603. The molecule has 1 aromatic carbocycles. The number of nitrogens with zero attached hydrogens (tertiary/aromatic N) is 2. The largest absolute Gasteiger partial charge is 0.361 e. The van der Waals surface area contributed by atoms with Crippen molar-refractivity contribution < 1.29 is 0 Å². The fraction of sp³-hybridized carbons (Fsp3) is 0.294. The number of nitrogens with one attached hydrogen (secondary N) is 1. The summed E-state index contributed by atoms with van der Waals surface area (Å²) in [5.41, 5.74) is 4.33. The molecule has 0 atom stereocenters. The first-order valence-electron chi connectivity index (χ1n) is 6.70. The molecule has 0 saturated heterocycles. The Hall–Kier alpha value is -2.52. The predicted molar refractivity (Wildman–Crippen MR) is 78.0 cm³/mol. The Balaban J connectivity index is 2.24. The number of benzene rings is 1. The summed E-state index contributed by atoms with van der Waals surface area (Å²) >= 11 is 0. The lowest BCUT2D eigenvalue weighted by Gasteiger charge is -2.25. The molecule has 3 nitrogen and oxygen atoms in total. The van der Waals surface area contributed by atoms with Crippen LogP contribution in [0.5, 0.6) is 0 Å². The molecule has 0 saturated carbocycles. The summed E-state index contributed by atoms with van der Waals surface area (Å²) in [6, 6.07) is 14.7. The smallest absolute Gasteiger partial charge is 0.0972 e. The Morgan fingerprint density at radius 2 is 1.55 bits per heavy atom. The second-order valence-electron chi connectivity index (χ2n) is 5.00. The molecule has 100 valence electrons. The normalized spacial score (nSPS) is 15.6. The van der Waals surface area contributed by atoms with Gasteiger partial charge in [0, 0.05) is 17.3 Å². The van der Waals surface area contributed by atoms with Crippen LogP contribution in [0.2, 0.25) is 0 Å². The van der Waals surface area contributed by atoms with Gasteiger partial charge in [-0.3, -0.25) is 0 Å². The zero-order chi connectivity index (χ0) is 14.5. The zero-order valence-electron chi connectivity index (χ0n) is 11.8. The van der Waals surface area contributed by atoms with Gasteiger partial charge in [-0.05, 0) is 32.3 Å². The van der Waals surface area contributed by atoms with Crippen LogP contribution in [0.4, 0.5) is 0 Å². The summed E-state index contributed by atoms with van der Waals surface area (Å²) in [5.74, 6) is -0.0912. The summed E-state index contributed by atoms with van der Waals surface area (Å²) < 4.78 is 0. The van der Waals surface area contributed by atoms with Gasteiger partial charge in [0.1, 0.15) is 0 Å². The van der Waals surface area contributed by atoms with Crippen molar-refractivity contribution in [2.45, 2.75) is 26.7 Å². The maximum atomic E-state index is 9.35. The molecular formula is C17H17N3. The first kappa shape index (κ1) is 13.9. The van der Waals surface area contributed by atoms with Crippen molar-refractivity contribution in [2.24, 2.45) is 5.92 Å². The third-order valence-electron chi connectivity index (χ3n) is 3.69. The van der Waals surface area contributed by atoms with E-state index in [1.807, 2.05) is 32.0 Å². The molecule has 3 heteroatoms. The van der Waals surface area contributed by atoms with E-state index in [9.17, 15) is 10.5 Å². The summed E-state index contributed by atoms with van der Waals surface area (Å²) in [7, 11) is 0. The maximum Gasteiger partial charge on any atom is 0.0972 e. The van der Waals surface area contributed by atoms with Crippen LogP contribution in [0.15, 0.2) is 52.9 Å². The molecule has 0 aliphatic carbocycles. The minimum absolute atomic E-state index is 0.0912. The molecule has 1 N–H and O–H groups in total. The van der Waals surface area contributed by atoms with Gasteiger partial charge >= 0.3 is 0 Å². The van der Waals surface area contributed by atoms with Crippen molar-refractivity contribution in [3.05, 3.63) is 58.4 Å². The quantitative estimate of drug-likeness (QED) is 0.908. The Morgan fingerprint density at radius 3 is 2.05 bits per heavy atom. The minimum Gasteiger partial charge on any atom is -0.361 e. The van der Waals surface area contributed by atoms with E-state index >= 15 is 0 Å². The predicted octanol–water partition coefficient (Wildman–Crippen LogP) is 3.43. The number of allylic oxidation sites excluding steroid dienone is 4. The lowest BCUT2D eigenvalue weighted by Crippen LogP contribution is -2.24. The molecule has 0 bridgehead atoms. The molecule has 1 heterocycles. The van der Waals surface area contributed by atoms with E-state index in [0.29, 0.717) is 11.1 Å². The second-order valence-corrected chi connectivity index (χ2v) is 5.00. The second kappa shape index (κ2) is 6.08. The van der Waals surface area contributed by atoms with E-state index < -0.39 is 0 Å². The lowest BCUT2D eigenvalue weighted by molar-refractivity contribution is 0.626. The number of dihydropyridines is 1. The van der Waals surface area contributed by atoms with E-state index in [-0.39, 0.29) is 5.92 Å². The van der Waals surface area contributed by atoms with Gasteiger partial charge in [-0.1, -0.05) is 30.3 Å². The first-order valence-corrected chi connectivity index (χ1v) is 6.70. The van der Waals surface area contributed by atoms with Crippen LogP contribution in [0.25, 0.3) is 0 Å². The number of hydrogen-bond donors (Lipinski definition) is 1. The number of nitriles is 2. The van der Waals surface area contributed by atoms with Gasteiger partial charge in [0.25, 0.3) is 0 Å². The standard InChI is InChI=1S/C17H17N3/c1-12-16(10-18)15(17(11-19)13(2)20-12)9-8-14-6-4-3-5-7-14/h3-7,15,20H,8-9H2,1-2H3. The molecule has 20 heavy (non-hydrogen) atoms. The van der Waals surface area contributed by atoms with Crippen LogP contribution in [0, 0.1) is 28.6 Å². The third-order valence-corrected chi connectivity index (χ3v) is 3.69. The van der Waals surface area contributed by atoms with Crippen molar-refractivity contribution in [3.8, 4) is 12.1 Å². The maximum absolute atomic E-state index is 9.35. The van der Waals surface area contributed by atoms with Crippen LogP contribution in [-0.4, -0.2) is 0 Å². The van der Waals surface area contributed by atoms with Crippen LogP contribution in [0.3, 0.4) is 0 Å². The van der Waals surface area contributed by atoms with E-state index in [1.165, 1.54) is 5.56 Å². The molecule has 2 rings (SSSR count). The average molecular weight is 263 g/mol. The zero-order valence-corrected chi connectivity index (χ0v) is 11.8. The van der Waals surface area contributed by atoms with Crippen molar-refractivity contribution in [2.75, 3.05) is 0 Å². The van der Waals surface area contributed by atoms with E-state index in [4.69, 9.17) is 0 Å². The Morgan fingerprint density at radius 1 is 1.00 bits per heavy atom. The molecule has 0 radical (unpaired) electrons. The van der Waals surface area contributed by atoms with Crippen molar-refractivity contribution in [1.82, 2.24) is 5.32 Å². The third kappa shape index (κ3) is 2.73. The fourth-order valence-electron chi connectivity index (χ4n) is 2.65. The molecule has 0 spiro atoms. The van der Waals surface area contributed by atoms with Gasteiger partial charge in [0.2, 0.25) is 0 Å². The van der Waals surface area contributed by atoms with Crippen molar-refractivity contribution in [1.29, 1.82) is 10.5 Å². The van der Waals surface area contributed by atoms with Gasteiger partial charge in [0.15, 0.2) is 0 Å². The van der Waals surface area contributed by atoms with Gasteiger partial charge in [0.05, 0.1) is 23.3 Å². The van der Waals surface area contributed by atoms with Crippen LogP contribution < -0.4 is 5.32 Å². The van der Waals surface area contributed by atoms with Crippen LogP contribution >= 0.6 is 0 Å².